The molecular weight excluding hydrogens is 258 g/mol. The number of aryl methyl sites for hydroxylation is 2. The van der Waals surface area contributed by atoms with E-state index in [1.807, 2.05) is 13.8 Å². The Morgan fingerprint density at radius 1 is 1.55 bits per heavy atom. The summed E-state index contributed by atoms with van der Waals surface area (Å²) in [6.07, 6.45) is 3.81. The number of nitro benzene ring substituents is 1. The molecule has 104 valence electrons. The van der Waals surface area contributed by atoms with Gasteiger partial charge in [-0.1, -0.05) is 19.1 Å². The van der Waals surface area contributed by atoms with Crippen molar-refractivity contribution in [3.8, 4) is 0 Å². The first-order valence-corrected chi connectivity index (χ1v) is 6.14. The monoisotopic (exact) mass is 273 g/mol. The first-order valence-electron chi connectivity index (χ1n) is 6.14. The Labute approximate surface area is 115 Å². The molecule has 0 amide bonds. The van der Waals surface area contributed by atoms with E-state index >= 15 is 0 Å². The molecule has 0 aliphatic rings. The van der Waals surface area contributed by atoms with Gasteiger partial charge < -0.3 is 5.73 Å². The number of benzene rings is 1. The van der Waals surface area contributed by atoms with Crippen molar-refractivity contribution in [3.05, 3.63) is 51.3 Å². The predicted molar refractivity (Wildman–Crippen MR) is 76.8 cm³/mol. The second-order valence-corrected chi connectivity index (χ2v) is 4.33. The van der Waals surface area contributed by atoms with E-state index in [1.165, 1.54) is 17.0 Å². The molecule has 1 heterocycles. The molecule has 2 aromatic rings. The highest BCUT2D eigenvalue weighted by molar-refractivity contribution is 5.81. The molecule has 0 fully saturated rings. The van der Waals surface area contributed by atoms with Crippen LogP contribution in [-0.4, -0.2) is 20.8 Å². The van der Waals surface area contributed by atoms with Crippen LogP contribution in [-0.2, 0) is 6.42 Å². The van der Waals surface area contributed by atoms with Crippen LogP contribution in [0.3, 0.4) is 0 Å². The third kappa shape index (κ3) is 2.82. The van der Waals surface area contributed by atoms with Crippen LogP contribution < -0.4 is 5.73 Å². The Morgan fingerprint density at radius 2 is 2.30 bits per heavy atom. The molecule has 20 heavy (non-hydrogen) atoms. The highest BCUT2D eigenvalue weighted by Crippen LogP contribution is 2.20. The lowest BCUT2D eigenvalue weighted by Crippen LogP contribution is -1.98. The summed E-state index contributed by atoms with van der Waals surface area (Å²) in [7, 11) is 0. The summed E-state index contributed by atoms with van der Waals surface area (Å²) in [5, 5.41) is 15.1. The summed E-state index contributed by atoms with van der Waals surface area (Å²) in [4.78, 5) is 14.6. The van der Waals surface area contributed by atoms with E-state index in [9.17, 15) is 10.1 Å². The van der Waals surface area contributed by atoms with Gasteiger partial charge in [0.1, 0.15) is 0 Å². The van der Waals surface area contributed by atoms with Crippen molar-refractivity contribution in [2.75, 3.05) is 5.73 Å². The fraction of sp³-hybridized carbons (Fsp3) is 0.231. The number of hydrogen-bond acceptors (Lipinski definition) is 5. The minimum Gasteiger partial charge on any atom is -0.368 e. The SMILES string of the molecule is CCc1ccc(C=Nn2cc(C)nc2N)cc1[N+](=O)[O-]. The molecule has 1 aromatic heterocycles. The highest BCUT2D eigenvalue weighted by Gasteiger charge is 2.12. The predicted octanol–water partition coefficient (Wildman–Crippen LogP) is 2.13. The van der Waals surface area contributed by atoms with E-state index in [4.69, 9.17) is 5.73 Å². The molecule has 1 aromatic carbocycles. The first kappa shape index (κ1) is 13.7. The third-order valence-electron chi connectivity index (χ3n) is 2.85. The summed E-state index contributed by atoms with van der Waals surface area (Å²) < 4.78 is 1.43. The van der Waals surface area contributed by atoms with Gasteiger partial charge >= 0.3 is 0 Å². The number of nitrogen functional groups attached to an aromatic ring is 1. The molecular formula is C13H15N5O2. The van der Waals surface area contributed by atoms with Crippen molar-refractivity contribution in [2.45, 2.75) is 20.3 Å². The Hall–Kier alpha value is -2.70. The van der Waals surface area contributed by atoms with Crippen LogP contribution in [0.2, 0.25) is 0 Å². The van der Waals surface area contributed by atoms with Gasteiger partial charge in [0.05, 0.1) is 23.0 Å². The molecule has 2 rings (SSSR count). The van der Waals surface area contributed by atoms with Gasteiger partial charge in [0.15, 0.2) is 0 Å². The normalized spacial score (nSPS) is 11.1. The maximum atomic E-state index is 11.0. The zero-order valence-electron chi connectivity index (χ0n) is 11.3. The molecule has 0 atom stereocenters. The maximum Gasteiger partial charge on any atom is 0.273 e. The van der Waals surface area contributed by atoms with E-state index in [0.29, 0.717) is 17.5 Å². The molecule has 0 spiro atoms. The zero-order valence-corrected chi connectivity index (χ0v) is 11.3. The molecule has 0 aliphatic carbocycles. The molecule has 7 heteroatoms. The van der Waals surface area contributed by atoms with Gasteiger partial charge in [-0.05, 0) is 13.3 Å². The van der Waals surface area contributed by atoms with Crippen molar-refractivity contribution < 1.29 is 4.92 Å². The number of nitrogens with zero attached hydrogens (tertiary/aromatic N) is 4. The van der Waals surface area contributed by atoms with Crippen LogP contribution in [0.25, 0.3) is 0 Å². The van der Waals surface area contributed by atoms with Gasteiger partial charge in [-0.15, -0.1) is 0 Å². The van der Waals surface area contributed by atoms with Crippen molar-refractivity contribution in [2.24, 2.45) is 5.10 Å². The molecule has 0 saturated carbocycles. The number of imidazole rings is 1. The summed E-state index contributed by atoms with van der Waals surface area (Å²) in [6, 6.07) is 5.03. The van der Waals surface area contributed by atoms with Crippen molar-refractivity contribution in [1.82, 2.24) is 9.66 Å². The number of nitro groups is 1. The van der Waals surface area contributed by atoms with Crippen molar-refractivity contribution in [1.29, 1.82) is 0 Å². The zero-order chi connectivity index (χ0) is 14.7. The Bertz CT molecular complexity index is 675. The van der Waals surface area contributed by atoms with E-state index in [-0.39, 0.29) is 16.6 Å². The number of aromatic nitrogens is 2. The quantitative estimate of drug-likeness (QED) is 0.524. The van der Waals surface area contributed by atoms with Crippen LogP contribution in [0.15, 0.2) is 29.5 Å². The largest absolute Gasteiger partial charge is 0.368 e. The van der Waals surface area contributed by atoms with Crippen LogP contribution in [0.1, 0.15) is 23.7 Å². The van der Waals surface area contributed by atoms with Gasteiger partial charge in [0.25, 0.3) is 5.69 Å². The van der Waals surface area contributed by atoms with Crippen molar-refractivity contribution >= 4 is 17.9 Å². The molecule has 2 N–H and O–H groups in total. The average molecular weight is 273 g/mol. The number of rotatable bonds is 4. The van der Waals surface area contributed by atoms with Crippen LogP contribution in [0.4, 0.5) is 11.6 Å². The summed E-state index contributed by atoms with van der Waals surface area (Å²) in [5.74, 6) is 0.276. The lowest BCUT2D eigenvalue weighted by molar-refractivity contribution is -0.385. The van der Waals surface area contributed by atoms with E-state index < -0.39 is 0 Å². The second-order valence-electron chi connectivity index (χ2n) is 4.33. The lowest BCUT2D eigenvalue weighted by Gasteiger charge is -2.01. The Balaban J connectivity index is 2.32. The average Bonchev–Trinajstić information content (AvgIpc) is 2.74. The van der Waals surface area contributed by atoms with E-state index in [1.54, 1.807) is 18.3 Å². The summed E-state index contributed by atoms with van der Waals surface area (Å²) in [5.41, 5.74) is 7.86. The highest BCUT2D eigenvalue weighted by atomic mass is 16.6. The van der Waals surface area contributed by atoms with Gasteiger partial charge in [-0.3, -0.25) is 10.1 Å². The van der Waals surface area contributed by atoms with Gasteiger partial charge in [-0.25, -0.2) is 9.66 Å². The minimum absolute atomic E-state index is 0.103. The number of anilines is 1. The van der Waals surface area contributed by atoms with Gasteiger partial charge in [0, 0.05) is 17.2 Å². The Kier molecular flexibility index (Phi) is 3.79. The van der Waals surface area contributed by atoms with Crippen molar-refractivity contribution in [3.63, 3.8) is 0 Å². The van der Waals surface area contributed by atoms with Crippen LogP contribution in [0.5, 0.6) is 0 Å². The second kappa shape index (κ2) is 5.52. The van der Waals surface area contributed by atoms with E-state index in [2.05, 4.69) is 10.1 Å². The number of hydrogen-bond donors (Lipinski definition) is 1. The van der Waals surface area contributed by atoms with Crippen LogP contribution >= 0.6 is 0 Å². The fourth-order valence-electron chi connectivity index (χ4n) is 1.86. The topological polar surface area (TPSA) is 99.3 Å². The molecule has 0 aliphatic heterocycles. The molecule has 0 bridgehead atoms. The lowest BCUT2D eigenvalue weighted by atomic mass is 10.1. The molecule has 0 saturated heterocycles. The number of nitrogens with two attached hydrogens (primary N) is 1. The standard InChI is InChI=1S/C13H15N5O2/c1-3-11-5-4-10(6-12(11)18(19)20)7-15-17-8-9(2)16-13(17)14/h4-8H,3H2,1-2H3,(H2,14,16). The van der Waals surface area contributed by atoms with Gasteiger partial charge in [-0.2, -0.15) is 5.10 Å². The maximum absolute atomic E-state index is 11.0. The van der Waals surface area contributed by atoms with Gasteiger partial charge in [0.2, 0.25) is 5.95 Å². The molecule has 0 radical (unpaired) electrons. The van der Waals surface area contributed by atoms with Crippen LogP contribution in [0, 0.1) is 17.0 Å². The van der Waals surface area contributed by atoms with E-state index in [0.717, 1.165) is 5.69 Å². The summed E-state index contributed by atoms with van der Waals surface area (Å²) >= 11 is 0. The molecule has 7 nitrogen and oxygen atoms in total. The fourth-order valence-corrected chi connectivity index (χ4v) is 1.86. The smallest absolute Gasteiger partial charge is 0.273 e. The summed E-state index contributed by atoms with van der Waals surface area (Å²) in [6.45, 7) is 3.69. The first-order chi connectivity index (χ1) is 9.51. The minimum atomic E-state index is -0.383. The Morgan fingerprint density at radius 3 is 2.85 bits per heavy atom. The third-order valence-corrected chi connectivity index (χ3v) is 2.85. The molecule has 0 unspecified atom stereocenters.